The Kier molecular flexibility index (Phi) is 7.79. The molecule has 0 radical (unpaired) electrons. The molecule has 0 bridgehead atoms. The molecule has 2 rings (SSSR count). The first-order valence-electron chi connectivity index (χ1n) is 8.85. The van der Waals surface area contributed by atoms with Gasteiger partial charge >= 0.3 is 0 Å². The molecule has 1 heterocycles. The summed E-state index contributed by atoms with van der Waals surface area (Å²) in [7, 11) is 1.59. The minimum Gasteiger partial charge on any atom is -0.409 e. The first kappa shape index (κ1) is 20.4. The van der Waals surface area contributed by atoms with Crippen LogP contribution in [0, 0.1) is 11.8 Å². The molecule has 144 valence electrons. The van der Waals surface area contributed by atoms with Crippen molar-refractivity contribution in [3.63, 3.8) is 0 Å². The van der Waals surface area contributed by atoms with Crippen LogP contribution in [0.15, 0.2) is 29.4 Å². The summed E-state index contributed by atoms with van der Waals surface area (Å²) in [4.78, 5) is 26.4. The molecule has 3 N–H and O–H groups in total. The van der Waals surface area contributed by atoms with Crippen molar-refractivity contribution in [1.29, 1.82) is 0 Å². The molecule has 0 aliphatic carbocycles. The van der Waals surface area contributed by atoms with E-state index in [4.69, 9.17) is 0 Å². The van der Waals surface area contributed by atoms with Gasteiger partial charge in [0.15, 0.2) is 5.84 Å². The molecular weight excluding hydrogens is 346 g/mol. The number of amides is 2. The van der Waals surface area contributed by atoms with Gasteiger partial charge < -0.3 is 15.0 Å². The van der Waals surface area contributed by atoms with Crippen LogP contribution in [-0.2, 0) is 9.59 Å². The zero-order chi connectivity index (χ0) is 19.6. The van der Waals surface area contributed by atoms with Crippen LogP contribution in [-0.4, -0.2) is 79.0 Å². The summed E-state index contributed by atoms with van der Waals surface area (Å²) in [5.74, 6) is 5.72. The molecule has 1 aromatic carbocycles. The zero-order valence-electron chi connectivity index (χ0n) is 15.6. The number of carbonyl (C=O) groups excluding carboxylic acids is 2. The number of rotatable bonds is 5. The van der Waals surface area contributed by atoms with Crippen LogP contribution in [0.25, 0.3) is 0 Å². The first-order chi connectivity index (χ1) is 13.1. The number of amidine groups is 1. The monoisotopic (exact) mass is 371 g/mol. The van der Waals surface area contributed by atoms with Gasteiger partial charge in [0, 0.05) is 37.3 Å². The van der Waals surface area contributed by atoms with Crippen molar-refractivity contribution in [1.82, 2.24) is 20.4 Å². The van der Waals surface area contributed by atoms with Gasteiger partial charge in [-0.1, -0.05) is 23.9 Å². The Balaban J connectivity index is 2.07. The minimum absolute atomic E-state index is 0.333. The van der Waals surface area contributed by atoms with Crippen molar-refractivity contribution in [2.75, 3.05) is 39.8 Å². The lowest BCUT2D eigenvalue weighted by molar-refractivity contribution is -0.125. The molecule has 0 unspecified atom stereocenters. The average molecular weight is 371 g/mol. The molecule has 1 aliphatic rings. The van der Waals surface area contributed by atoms with Crippen molar-refractivity contribution < 1.29 is 14.8 Å². The van der Waals surface area contributed by atoms with E-state index in [1.54, 1.807) is 19.2 Å². The standard InChI is InChI=1S/C19H25N5O3/c1-3-23-10-12-24(13-11-23)18(22-27)16-7-4-15(5-8-16)6-9-17(20-2)19(26)21-14-25/h4-5,7-8,14,17,20,27H,3,10-13H2,1-2H3,(H,21,25,26)/b22-18-/t17-/m0/s1. The lowest BCUT2D eigenvalue weighted by Crippen LogP contribution is -2.48. The molecule has 8 nitrogen and oxygen atoms in total. The molecule has 0 spiro atoms. The van der Waals surface area contributed by atoms with Crippen LogP contribution in [0.2, 0.25) is 0 Å². The molecule has 0 saturated carbocycles. The third-order valence-corrected chi connectivity index (χ3v) is 4.47. The number of imide groups is 1. The Morgan fingerprint density at radius 3 is 2.48 bits per heavy atom. The number of nitrogens with zero attached hydrogens (tertiary/aromatic N) is 3. The van der Waals surface area contributed by atoms with Gasteiger partial charge in [-0.15, -0.1) is 0 Å². The van der Waals surface area contributed by atoms with Crippen LogP contribution in [0.3, 0.4) is 0 Å². The molecular formula is C19H25N5O3. The van der Waals surface area contributed by atoms with Gasteiger partial charge in [-0.3, -0.25) is 20.2 Å². The van der Waals surface area contributed by atoms with E-state index in [0.717, 1.165) is 38.3 Å². The van der Waals surface area contributed by atoms with E-state index in [0.29, 0.717) is 17.8 Å². The number of benzene rings is 1. The van der Waals surface area contributed by atoms with E-state index in [-0.39, 0.29) is 0 Å². The highest BCUT2D eigenvalue weighted by atomic mass is 16.4. The van der Waals surface area contributed by atoms with Crippen molar-refractivity contribution in [2.24, 2.45) is 5.16 Å². The van der Waals surface area contributed by atoms with Crippen LogP contribution in [0.5, 0.6) is 0 Å². The van der Waals surface area contributed by atoms with Crippen LogP contribution in [0.1, 0.15) is 18.1 Å². The van der Waals surface area contributed by atoms with E-state index in [1.165, 1.54) is 0 Å². The summed E-state index contributed by atoms with van der Waals surface area (Å²) in [6.45, 7) is 6.65. The van der Waals surface area contributed by atoms with Gasteiger partial charge in [-0.2, -0.15) is 0 Å². The number of nitrogens with one attached hydrogen (secondary N) is 2. The molecule has 1 saturated heterocycles. The maximum Gasteiger partial charge on any atom is 0.255 e. The highest BCUT2D eigenvalue weighted by molar-refractivity contribution is 5.98. The lowest BCUT2D eigenvalue weighted by Gasteiger charge is -2.35. The van der Waals surface area contributed by atoms with Gasteiger partial charge in [-0.05, 0) is 37.9 Å². The SMILES string of the molecule is CCN1CCN(/C(=N\O)c2ccc(C#C[C@H](NC)C(=O)NC=O)cc2)CC1. The summed E-state index contributed by atoms with van der Waals surface area (Å²) in [5, 5.41) is 17.8. The second-order valence-electron chi connectivity index (χ2n) is 6.04. The van der Waals surface area contributed by atoms with Crippen molar-refractivity contribution >= 4 is 18.2 Å². The summed E-state index contributed by atoms with van der Waals surface area (Å²) in [5.41, 5.74) is 1.52. The molecule has 0 aromatic heterocycles. The maximum atomic E-state index is 11.6. The smallest absolute Gasteiger partial charge is 0.255 e. The fourth-order valence-corrected chi connectivity index (χ4v) is 2.85. The summed E-state index contributed by atoms with van der Waals surface area (Å²) < 4.78 is 0. The van der Waals surface area contributed by atoms with Gasteiger partial charge in [-0.25, -0.2) is 0 Å². The Labute approximate surface area is 159 Å². The van der Waals surface area contributed by atoms with E-state index < -0.39 is 11.9 Å². The highest BCUT2D eigenvalue weighted by Crippen LogP contribution is 2.11. The maximum absolute atomic E-state index is 11.6. The normalized spacial score (nSPS) is 16.2. The topological polar surface area (TPSA) is 97.3 Å². The average Bonchev–Trinajstić information content (AvgIpc) is 2.71. The molecule has 1 aliphatic heterocycles. The van der Waals surface area contributed by atoms with Crippen LogP contribution >= 0.6 is 0 Å². The van der Waals surface area contributed by atoms with Crippen LogP contribution in [0.4, 0.5) is 0 Å². The number of hydrogen-bond donors (Lipinski definition) is 3. The fraction of sp³-hybridized carbons (Fsp3) is 0.421. The molecule has 2 amide bonds. The lowest BCUT2D eigenvalue weighted by atomic mass is 10.1. The summed E-state index contributed by atoms with van der Waals surface area (Å²) in [6.07, 6.45) is 0.333. The van der Waals surface area contributed by atoms with E-state index in [9.17, 15) is 14.8 Å². The second kappa shape index (κ2) is 10.3. The largest absolute Gasteiger partial charge is 0.409 e. The molecule has 1 fully saturated rings. The predicted molar refractivity (Wildman–Crippen MR) is 102 cm³/mol. The number of piperazine rings is 1. The van der Waals surface area contributed by atoms with Crippen molar-refractivity contribution in [2.45, 2.75) is 13.0 Å². The first-order valence-corrected chi connectivity index (χ1v) is 8.85. The van der Waals surface area contributed by atoms with Gasteiger partial charge in [0.25, 0.3) is 5.91 Å². The molecule has 1 aromatic rings. The van der Waals surface area contributed by atoms with E-state index in [2.05, 4.69) is 44.4 Å². The quantitative estimate of drug-likeness (QED) is 0.164. The highest BCUT2D eigenvalue weighted by Gasteiger charge is 2.20. The third-order valence-electron chi connectivity index (χ3n) is 4.47. The summed E-state index contributed by atoms with van der Waals surface area (Å²) >= 11 is 0. The Morgan fingerprint density at radius 2 is 1.96 bits per heavy atom. The fourth-order valence-electron chi connectivity index (χ4n) is 2.85. The van der Waals surface area contributed by atoms with E-state index in [1.807, 2.05) is 12.1 Å². The molecule has 8 heteroatoms. The van der Waals surface area contributed by atoms with Crippen LogP contribution < -0.4 is 10.6 Å². The Hall–Kier alpha value is -2.89. The molecule has 1 atom stereocenters. The van der Waals surface area contributed by atoms with Crippen molar-refractivity contribution in [3.05, 3.63) is 35.4 Å². The number of carbonyl (C=O) groups is 2. The van der Waals surface area contributed by atoms with Crippen molar-refractivity contribution in [3.8, 4) is 11.8 Å². The number of likely N-dealkylation sites (N-methyl/N-ethyl adjacent to an activating group) is 2. The van der Waals surface area contributed by atoms with Gasteiger partial charge in [0.2, 0.25) is 6.41 Å². The minimum atomic E-state index is -0.778. The Bertz CT molecular complexity index is 728. The number of hydrogen-bond acceptors (Lipinski definition) is 6. The van der Waals surface area contributed by atoms with E-state index >= 15 is 0 Å². The summed E-state index contributed by atoms with van der Waals surface area (Å²) in [6, 6.07) is 6.51. The predicted octanol–water partition coefficient (Wildman–Crippen LogP) is -0.328. The number of oxime groups is 1. The van der Waals surface area contributed by atoms with Gasteiger partial charge in [0.1, 0.15) is 6.04 Å². The van der Waals surface area contributed by atoms with Gasteiger partial charge in [0.05, 0.1) is 0 Å². The molecule has 27 heavy (non-hydrogen) atoms. The third kappa shape index (κ3) is 5.54. The second-order valence-corrected chi connectivity index (χ2v) is 6.04. The zero-order valence-corrected chi connectivity index (χ0v) is 15.6. The Morgan fingerprint density at radius 1 is 1.30 bits per heavy atom.